The minimum Gasteiger partial charge on any atom is -0.426 e. The van der Waals surface area contributed by atoms with Gasteiger partial charge in [-0.25, -0.2) is 4.98 Å². The number of fused-ring (bicyclic) bond motifs is 1. The van der Waals surface area contributed by atoms with Crippen LogP contribution in [0.15, 0.2) is 28.9 Å². The number of nitrogens with zero attached hydrogens (tertiary/aromatic N) is 1. The second kappa shape index (κ2) is 9.24. The highest BCUT2D eigenvalue weighted by Gasteiger charge is 2.41. The number of esters is 1. The van der Waals surface area contributed by atoms with Crippen molar-refractivity contribution < 1.29 is 9.53 Å². The highest BCUT2D eigenvalue weighted by atomic mass is 79.9. The Bertz CT molecular complexity index is 972. The number of carbonyl (C=O) groups is 1. The molecule has 3 nitrogen and oxygen atoms in total. The van der Waals surface area contributed by atoms with Gasteiger partial charge in [0.2, 0.25) is 0 Å². The van der Waals surface area contributed by atoms with Crippen LogP contribution in [0, 0.1) is 16.9 Å². The largest absolute Gasteiger partial charge is 0.426 e. The van der Waals surface area contributed by atoms with Crippen LogP contribution in [0.4, 0.5) is 0 Å². The van der Waals surface area contributed by atoms with E-state index in [4.69, 9.17) is 4.74 Å². The molecule has 0 radical (unpaired) electrons. The molecular weight excluding hydrogens is 454 g/mol. The van der Waals surface area contributed by atoms with Gasteiger partial charge in [-0.1, -0.05) is 47.5 Å². The molecule has 2 aromatic rings. The first-order chi connectivity index (χ1) is 13.8. The molecule has 0 aliphatic heterocycles. The fourth-order valence-corrected chi connectivity index (χ4v) is 10.1. The van der Waals surface area contributed by atoms with Crippen molar-refractivity contribution in [3.05, 3.63) is 34.6 Å². The number of halogens is 1. The highest BCUT2D eigenvalue weighted by Crippen LogP contribution is 2.41. The predicted molar refractivity (Wildman–Crippen MR) is 132 cm³/mol. The molecule has 30 heavy (non-hydrogen) atoms. The van der Waals surface area contributed by atoms with Crippen molar-refractivity contribution in [2.24, 2.45) is 5.41 Å². The normalized spacial score (nSPS) is 12.4. The average molecular weight is 489 g/mol. The molecule has 2 rings (SSSR count). The summed E-state index contributed by atoms with van der Waals surface area (Å²) in [7, 11) is -1.85. The van der Waals surface area contributed by atoms with E-state index < -0.39 is 13.5 Å². The van der Waals surface area contributed by atoms with E-state index in [1.807, 2.05) is 39.0 Å². The molecule has 0 saturated carbocycles. The third-order valence-corrected chi connectivity index (χ3v) is 12.8. The van der Waals surface area contributed by atoms with Crippen LogP contribution in [0.5, 0.6) is 5.75 Å². The molecule has 162 valence electrons. The number of carbonyl (C=O) groups excluding carboxylic acids is 1. The van der Waals surface area contributed by atoms with Crippen LogP contribution in [0.3, 0.4) is 0 Å². The second-order valence-corrected chi connectivity index (χ2v) is 16.4. The lowest BCUT2D eigenvalue weighted by molar-refractivity contribution is -0.142. The van der Waals surface area contributed by atoms with Crippen LogP contribution >= 0.6 is 15.9 Å². The smallest absolute Gasteiger partial charge is 0.316 e. The summed E-state index contributed by atoms with van der Waals surface area (Å²) in [5.74, 6) is 3.72. The molecule has 0 bridgehead atoms. The zero-order valence-corrected chi connectivity index (χ0v) is 22.3. The van der Waals surface area contributed by atoms with E-state index in [1.165, 1.54) is 0 Å². The Hall–Kier alpha value is -1.64. The summed E-state index contributed by atoms with van der Waals surface area (Å²) in [6.07, 6.45) is 1.78. The Morgan fingerprint density at radius 3 is 2.13 bits per heavy atom. The number of ether oxygens (including phenoxy) is 1. The Morgan fingerprint density at radius 2 is 1.63 bits per heavy atom. The van der Waals surface area contributed by atoms with Gasteiger partial charge in [-0.3, -0.25) is 4.79 Å². The Balaban J connectivity index is 2.59. The van der Waals surface area contributed by atoms with Crippen LogP contribution in [-0.4, -0.2) is 19.0 Å². The lowest BCUT2D eigenvalue weighted by Gasteiger charge is -2.38. The lowest BCUT2D eigenvalue weighted by atomic mass is 9.97. The van der Waals surface area contributed by atoms with Crippen molar-refractivity contribution in [1.29, 1.82) is 0 Å². The molecule has 1 heterocycles. The van der Waals surface area contributed by atoms with E-state index in [0.29, 0.717) is 22.4 Å². The van der Waals surface area contributed by atoms with E-state index in [9.17, 15) is 4.79 Å². The Morgan fingerprint density at radius 1 is 1.07 bits per heavy atom. The Kier molecular flexibility index (Phi) is 7.58. The van der Waals surface area contributed by atoms with E-state index in [2.05, 4.69) is 73.9 Å². The maximum atomic E-state index is 12.3. The molecule has 0 atom stereocenters. The second-order valence-electron chi connectivity index (χ2n) is 9.95. The fraction of sp³-hybridized carbons (Fsp3) is 0.520. The van der Waals surface area contributed by atoms with Crippen molar-refractivity contribution in [1.82, 2.24) is 4.98 Å². The minimum atomic E-state index is -1.85. The average Bonchev–Trinajstić information content (AvgIpc) is 2.60. The topological polar surface area (TPSA) is 39.2 Å². The zero-order chi connectivity index (χ0) is 22.9. The molecule has 0 N–H and O–H groups in total. The number of aromatic nitrogens is 1. The summed E-state index contributed by atoms with van der Waals surface area (Å²) < 4.78 is 6.43. The van der Waals surface area contributed by atoms with Gasteiger partial charge in [-0.05, 0) is 76.9 Å². The summed E-state index contributed by atoms with van der Waals surface area (Å²) in [5, 5.41) is 1.91. The van der Waals surface area contributed by atoms with Gasteiger partial charge in [-0.2, -0.15) is 0 Å². The minimum absolute atomic E-state index is 0.260. The number of rotatable bonds is 4. The Labute approximate surface area is 191 Å². The lowest BCUT2D eigenvalue weighted by Crippen LogP contribution is -2.43. The van der Waals surface area contributed by atoms with Gasteiger partial charge in [0.05, 0.1) is 5.41 Å². The standard InChI is InChI=1S/C25H34BrNO2Si/c1-16(2)30(17(3)4,18(5)6)13-11-22-23-19(10-12-27-22)14-20(15-21(23)26)29-24(28)25(7,8)9/h10,12,14-18H,1-9H3. The van der Waals surface area contributed by atoms with E-state index in [0.717, 1.165) is 20.9 Å². The summed E-state index contributed by atoms with van der Waals surface area (Å²) in [4.78, 5) is 16.9. The molecule has 0 saturated heterocycles. The van der Waals surface area contributed by atoms with Gasteiger partial charge >= 0.3 is 5.97 Å². The molecule has 1 aromatic carbocycles. The maximum absolute atomic E-state index is 12.3. The molecular formula is C25H34BrNO2Si. The molecule has 0 aliphatic rings. The number of benzene rings is 1. The van der Waals surface area contributed by atoms with Crippen molar-refractivity contribution >= 4 is 40.7 Å². The monoisotopic (exact) mass is 487 g/mol. The predicted octanol–water partition coefficient (Wildman–Crippen LogP) is 7.52. The van der Waals surface area contributed by atoms with Crippen molar-refractivity contribution in [2.75, 3.05) is 0 Å². The maximum Gasteiger partial charge on any atom is 0.316 e. The third-order valence-electron chi connectivity index (χ3n) is 5.88. The van der Waals surface area contributed by atoms with E-state index in [1.54, 1.807) is 6.20 Å². The van der Waals surface area contributed by atoms with Crippen LogP contribution in [0.1, 0.15) is 68.0 Å². The van der Waals surface area contributed by atoms with Crippen LogP contribution in [0.2, 0.25) is 16.6 Å². The first kappa shape index (κ1) is 24.6. The van der Waals surface area contributed by atoms with Gasteiger partial charge < -0.3 is 4.74 Å². The molecule has 0 amide bonds. The summed E-state index contributed by atoms with van der Waals surface area (Å²) in [5.41, 5.74) is 5.65. The summed E-state index contributed by atoms with van der Waals surface area (Å²) >= 11 is 3.66. The van der Waals surface area contributed by atoms with E-state index >= 15 is 0 Å². The van der Waals surface area contributed by atoms with Gasteiger partial charge in [0.25, 0.3) is 0 Å². The number of pyridine rings is 1. The SMILES string of the molecule is CC(C)[Si](C#Cc1nccc2cc(OC(=O)C(C)(C)C)cc(Br)c12)(C(C)C)C(C)C. The van der Waals surface area contributed by atoms with E-state index in [-0.39, 0.29) is 5.97 Å². The van der Waals surface area contributed by atoms with Gasteiger partial charge in [0.15, 0.2) is 0 Å². The van der Waals surface area contributed by atoms with Gasteiger partial charge in [0, 0.05) is 16.1 Å². The van der Waals surface area contributed by atoms with Crippen LogP contribution in [-0.2, 0) is 4.79 Å². The summed E-state index contributed by atoms with van der Waals surface area (Å²) in [6, 6.07) is 5.64. The van der Waals surface area contributed by atoms with Gasteiger partial charge in [0.1, 0.15) is 19.5 Å². The molecule has 0 aliphatic carbocycles. The van der Waals surface area contributed by atoms with Gasteiger partial charge in [-0.15, -0.1) is 5.54 Å². The number of hydrogen-bond acceptors (Lipinski definition) is 3. The number of hydrogen-bond donors (Lipinski definition) is 0. The summed E-state index contributed by atoms with van der Waals surface area (Å²) in [6.45, 7) is 19.4. The molecule has 5 heteroatoms. The first-order valence-electron chi connectivity index (χ1n) is 10.6. The molecule has 0 fully saturated rings. The molecule has 1 aromatic heterocycles. The quantitative estimate of drug-likeness (QED) is 0.193. The molecule has 0 spiro atoms. The van der Waals surface area contributed by atoms with Crippen LogP contribution in [0.25, 0.3) is 10.8 Å². The zero-order valence-electron chi connectivity index (χ0n) is 19.7. The van der Waals surface area contributed by atoms with Crippen molar-refractivity contribution in [2.45, 2.75) is 78.9 Å². The first-order valence-corrected chi connectivity index (χ1v) is 13.7. The van der Waals surface area contributed by atoms with Crippen molar-refractivity contribution in [3.8, 4) is 17.2 Å². The highest BCUT2D eigenvalue weighted by molar-refractivity contribution is 9.10. The third kappa shape index (κ3) is 4.98. The fourth-order valence-electron chi connectivity index (χ4n) is 4.25. The van der Waals surface area contributed by atoms with Crippen LogP contribution < -0.4 is 4.74 Å². The molecule has 0 unspecified atom stereocenters. The van der Waals surface area contributed by atoms with Crippen molar-refractivity contribution in [3.63, 3.8) is 0 Å².